The molecule has 7 heteroatoms. The van der Waals surface area contributed by atoms with Gasteiger partial charge in [0.25, 0.3) is 5.69 Å². The SMILES string of the molecule is CC1CN=C2C=CC(c3ccc(C=O)c([N+](=O)[O-])c3)=NN21. The maximum absolute atomic E-state index is 11.0. The number of aliphatic imine (C=N–C) groups is 1. The Balaban J connectivity index is 2.02. The maximum Gasteiger partial charge on any atom is 0.280 e. The van der Waals surface area contributed by atoms with Crippen molar-refractivity contribution >= 4 is 23.5 Å². The molecular formula is C14H12N4O3. The highest BCUT2D eigenvalue weighted by Gasteiger charge is 2.26. The van der Waals surface area contributed by atoms with Gasteiger partial charge < -0.3 is 0 Å². The van der Waals surface area contributed by atoms with Crippen molar-refractivity contribution in [2.45, 2.75) is 13.0 Å². The molecule has 7 nitrogen and oxygen atoms in total. The molecule has 0 radical (unpaired) electrons. The van der Waals surface area contributed by atoms with Crippen LogP contribution in [0.3, 0.4) is 0 Å². The largest absolute Gasteiger partial charge is 0.298 e. The number of hydrazone groups is 1. The zero-order valence-electron chi connectivity index (χ0n) is 11.3. The first-order valence-electron chi connectivity index (χ1n) is 6.44. The van der Waals surface area contributed by atoms with Crippen LogP contribution in [-0.4, -0.2) is 40.4 Å². The number of carbonyl (C=O) groups is 1. The van der Waals surface area contributed by atoms with E-state index in [-0.39, 0.29) is 17.3 Å². The van der Waals surface area contributed by atoms with E-state index in [9.17, 15) is 14.9 Å². The Hall–Kier alpha value is -2.83. The minimum Gasteiger partial charge on any atom is -0.298 e. The van der Waals surface area contributed by atoms with E-state index in [0.717, 1.165) is 5.84 Å². The summed E-state index contributed by atoms with van der Waals surface area (Å²) < 4.78 is 0. The van der Waals surface area contributed by atoms with Gasteiger partial charge in [-0.25, -0.2) is 5.01 Å². The fraction of sp³-hybridized carbons (Fsp3) is 0.214. The van der Waals surface area contributed by atoms with Gasteiger partial charge in [0, 0.05) is 11.6 Å². The van der Waals surface area contributed by atoms with Gasteiger partial charge in [-0.05, 0) is 25.1 Å². The summed E-state index contributed by atoms with van der Waals surface area (Å²) in [5.74, 6) is 0.797. The normalized spacial score (nSPS) is 19.9. The van der Waals surface area contributed by atoms with Gasteiger partial charge in [-0.3, -0.25) is 19.9 Å². The fourth-order valence-corrected chi connectivity index (χ4v) is 2.30. The molecule has 1 aromatic carbocycles. The molecule has 0 spiro atoms. The van der Waals surface area contributed by atoms with Crippen LogP contribution in [0.2, 0.25) is 0 Å². The van der Waals surface area contributed by atoms with Gasteiger partial charge in [-0.2, -0.15) is 5.10 Å². The van der Waals surface area contributed by atoms with Crippen molar-refractivity contribution < 1.29 is 9.72 Å². The Labute approximate surface area is 120 Å². The first-order chi connectivity index (χ1) is 10.1. The Morgan fingerprint density at radius 3 is 2.95 bits per heavy atom. The number of amidine groups is 1. The van der Waals surface area contributed by atoms with E-state index in [2.05, 4.69) is 10.1 Å². The van der Waals surface area contributed by atoms with E-state index < -0.39 is 4.92 Å². The van der Waals surface area contributed by atoms with E-state index >= 15 is 0 Å². The lowest BCUT2D eigenvalue weighted by molar-refractivity contribution is -0.385. The van der Waals surface area contributed by atoms with Gasteiger partial charge in [-0.1, -0.05) is 6.07 Å². The minimum atomic E-state index is -0.564. The summed E-state index contributed by atoms with van der Waals surface area (Å²) in [6.45, 7) is 2.69. The van der Waals surface area contributed by atoms with Crippen LogP contribution >= 0.6 is 0 Å². The monoisotopic (exact) mass is 284 g/mol. The molecule has 0 fully saturated rings. The van der Waals surface area contributed by atoms with Crippen LogP contribution in [0, 0.1) is 10.1 Å². The van der Waals surface area contributed by atoms with E-state index in [1.807, 2.05) is 13.0 Å². The van der Waals surface area contributed by atoms with E-state index in [1.165, 1.54) is 12.1 Å². The van der Waals surface area contributed by atoms with Crippen molar-refractivity contribution in [1.82, 2.24) is 5.01 Å². The summed E-state index contributed by atoms with van der Waals surface area (Å²) >= 11 is 0. The number of carbonyl (C=O) groups excluding carboxylic acids is 1. The molecule has 0 amide bonds. The standard InChI is InChI=1S/C14H12N4O3/c1-9-7-15-14-5-4-12(16-17(9)14)10-2-3-11(8-19)13(6-10)18(20)21/h2-6,8-9H,7H2,1H3. The number of nitro groups is 1. The van der Waals surface area contributed by atoms with Crippen LogP contribution in [0.25, 0.3) is 0 Å². The molecule has 0 saturated carbocycles. The lowest BCUT2D eigenvalue weighted by Crippen LogP contribution is -2.32. The van der Waals surface area contributed by atoms with Crippen molar-refractivity contribution in [3.63, 3.8) is 0 Å². The zero-order chi connectivity index (χ0) is 15.0. The average Bonchev–Trinajstić information content (AvgIpc) is 2.87. The molecule has 2 heterocycles. The van der Waals surface area contributed by atoms with E-state index in [0.29, 0.717) is 24.1 Å². The number of benzene rings is 1. The van der Waals surface area contributed by atoms with E-state index in [1.54, 1.807) is 17.2 Å². The minimum absolute atomic E-state index is 0.0564. The molecule has 0 bridgehead atoms. The molecule has 2 aliphatic heterocycles. The zero-order valence-corrected chi connectivity index (χ0v) is 11.3. The molecule has 0 aliphatic carbocycles. The highest BCUT2D eigenvalue weighted by atomic mass is 16.6. The highest BCUT2D eigenvalue weighted by molar-refractivity contribution is 6.15. The van der Waals surface area contributed by atoms with Gasteiger partial charge in [0.15, 0.2) is 6.29 Å². The van der Waals surface area contributed by atoms with Crippen LogP contribution in [0.1, 0.15) is 22.8 Å². The summed E-state index contributed by atoms with van der Waals surface area (Å²) in [5.41, 5.74) is 1.05. The van der Waals surface area contributed by atoms with Crippen molar-refractivity contribution in [3.05, 3.63) is 51.6 Å². The molecule has 1 aromatic rings. The summed E-state index contributed by atoms with van der Waals surface area (Å²) in [5, 5.41) is 17.3. The van der Waals surface area contributed by atoms with Gasteiger partial charge in [0.2, 0.25) is 0 Å². The molecule has 1 atom stereocenters. The Morgan fingerprint density at radius 1 is 1.43 bits per heavy atom. The number of fused-ring (bicyclic) bond motifs is 1. The van der Waals surface area contributed by atoms with Gasteiger partial charge in [0.05, 0.1) is 28.8 Å². The summed E-state index contributed by atoms with van der Waals surface area (Å²) in [4.78, 5) is 25.6. The predicted octanol–water partition coefficient (Wildman–Crippen LogP) is 1.78. The van der Waals surface area contributed by atoms with Crippen LogP contribution in [0.5, 0.6) is 0 Å². The summed E-state index contributed by atoms with van der Waals surface area (Å²) in [6.07, 6.45) is 4.09. The molecule has 1 unspecified atom stereocenters. The molecular weight excluding hydrogens is 272 g/mol. The molecule has 106 valence electrons. The summed E-state index contributed by atoms with van der Waals surface area (Å²) in [6, 6.07) is 4.64. The van der Waals surface area contributed by atoms with Crippen LogP contribution in [0.15, 0.2) is 40.4 Å². The number of hydrogen-bond acceptors (Lipinski definition) is 6. The molecule has 0 aromatic heterocycles. The van der Waals surface area contributed by atoms with Gasteiger partial charge in [-0.15, -0.1) is 0 Å². The van der Waals surface area contributed by atoms with Crippen molar-refractivity contribution in [3.8, 4) is 0 Å². The second-order valence-electron chi connectivity index (χ2n) is 4.86. The Bertz CT molecular complexity index is 721. The molecule has 21 heavy (non-hydrogen) atoms. The van der Waals surface area contributed by atoms with E-state index in [4.69, 9.17) is 0 Å². The molecule has 0 saturated heterocycles. The molecule has 0 N–H and O–H groups in total. The van der Waals surface area contributed by atoms with Gasteiger partial charge >= 0.3 is 0 Å². The quantitative estimate of drug-likeness (QED) is 0.481. The van der Waals surface area contributed by atoms with Crippen molar-refractivity contribution in [1.29, 1.82) is 0 Å². The number of nitro benzene ring substituents is 1. The number of aldehydes is 1. The lowest BCUT2D eigenvalue weighted by atomic mass is 10.0. The first kappa shape index (κ1) is 13.2. The fourth-order valence-electron chi connectivity index (χ4n) is 2.30. The van der Waals surface area contributed by atoms with Gasteiger partial charge in [0.1, 0.15) is 5.84 Å². The molecule has 2 aliphatic rings. The predicted molar refractivity (Wildman–Crippen MR) is 77.8 cm³/mol. The molecule has 3 rings (SSSR count). The second kappa shape index (κ2) is 4.93. The number of hydrogen-bond donors (Lipinski definition) is 0. The second-order valence-corrected chi connectivity index (χ2v) is 4.86. The van der Waals surface area contributed by atoms with Crippen molar-refractivity contribution in [2.75, 3.05) is 6.54 Å². The number of allylic oxidation sites excluding steroid dienone is 1. The third-order valence-electron chi connectivity index (χ3n) is 3.43. The third kappa shape index (κ3) is 2.22. The van der Waals surface area contributed by atoms with Crippen molar-refractivity contribution in [2.24, 2.45) is 10.1 Å². The number of nitrogens with zero attached hydrogens (tertiary/aromatic N) is 4. The highest BCUT2D eigenvalue weighted by Crippen LogP contribution is 2.22. The Morgan fingerprint density at radius 2 is 2.24 bits per heavy atom. The lowest BCUT2D eigenvalue weighted by Gasteiger charge is -2.22. The first-order valence-corrected chi connectivity index (χ1v) is 6.44. The smallest absolute Gasteiger partial charge is 0.280 e. The summed E-state index contributed by atoms with van der Waals surface area (Å²) in [7, 11) is 0. The van der Waals surface area contributed by atoms with Crippen LogP contribution < -0.4 is 0 Å². The third-order valence-corrected chi connectivity index (χ3v) is 3.43. The average molecular weight is 284 g/mol. The van der Waals surface area contributed by atoms with Crippen LogP contribution in [-0.2, 0) is 0 Å². The Kier molecular flexibility index (Phi) is 3.09. The topological polar surface area (TPSA) is 88.2 Å². The maximum atomic E-state index is 11.0. The van der Waals surface area contributed by atoms with Crippen LogP contribution in [0.4, 0.5) is 5.69 Å². The number of rotatable bonds is 3.